The Morgan fingerprint density at radius 2 is 1.85 bits per heavy atom. The highest BCUT2D eigenvalue weighted by molar-refractivity contribution is 5.84. The molecule has 0 amide bonds. The Labute approximate surface area is 119 Å². The lowest BCUT2D eigenvalue weighted by atomic mass is 9.92. The first-order valence-corrected chi connectivity index (χ1v) is 7.46. The maximum Gasteiger partial charge on any atom is 0.128 e. The number of aromatic nitrogens is 1. The van der Waals surface area contributed by atoms with Crippen molar-refractivity contribution in [3.8, 4) is 0 Å². The van der Waals surface area contributed by atoms with E-state index >= 15 is 0 Å². The molecule has 0 bridgehead atoms. The van der Waals surface area contributed by atoms with Crippen LogP contribution in [0.4, 0.5) is 5.82 Å². The molecule has 1 aromatic heterocycles. The van der Waals surface area contributed by atoms with Crippen molar-refractivity contribution in [1.82, 2.24) is 9.88 Å². The first-order valence-electron chi connectivity index (χ1n) is 7.46. The Balaban J connectivity index is 1.52. The topological polar surface area (TPSA) is 52.0 Å². The quantitative estimate of drug-likeness (QED) is 0.662. The molecule has 0 radical (unpaired) electrons. The number of hydrogen-bond donors (Lipinski definition) is 1. The van der Waals surface area contributed by atoms with E-state index in [2.05, 4.69) is 26.0 Å². The second-order valence-corrected chi connectivity index (χ2v) is 5.61. The summed E-state index contributed by atoms with van der Waals surface area (Å²) in [6.45, 7) is 4.31. The summed E-state index contributed by atoms with van der Waals surface area (Å²) in [6.07, 6.45) is 6.01. The molecular formula is C15H22N4O. The van der Waals surface area contributed by atoms with Gasteiger partial charge in [0.2, 0.25) is 0 Å². The number of rotatable bonds is 2. The van der Waals surface area contributed by atoms with Crippen LogP contribution in [0.1, 0.15) is 25.7 Å². The van der Waals surface area contributed by atoms with Gasteiger partial charge in [-0.25, -0.2) is 4.98 Å². The molecule has 0 spiro atoms. The summed E-state index contributed by atoms with van der Waals surface area (Å²) in [4.78, 5) is 9.38. The van der Waals surface area contributed by atoms with Gasteiger partial charge in [0.25, 0.3) is 0 Å². The zero-order chi connectivity index (χ0) is 13.8. The molecule has 5 heteroatoms. The fourth-order valence-corrected chi connectivity index (χ4v) is 3.26. The van der Waals surface area contributed by atoms with Crippen LogP contribution in [0.15, 0.2) is 29.6 Å². The molecule has 20 heavy (non-hydrogen) atoms. The van der Waals surface area contributed by atoms with Crippen molar-refractivity contribution >= 4 is 11.5 Å². The lowest BCUT2D eigenvalue weighted by molar-refractivity contribution is 0.163. The predicted octanol–water partition coefficient (Wildman–Crippen LogP) is 1.98. The zero-order valence-electron chi connectivity index (χ0n) is 11.8. The van der Waals surface area contributed by atoms with Crippen molar-refractivity contribution in [1.29, 1.82) is 0 Å². The molecule has 5 nitrogen and oxygen atoms in total. The van der Waals surface area contributed by atoms with Crippen LogP contribution in [0.2, 0.25) is 0 Å². The maximum atomic E-state index is 8.81. The summed E-state index contributed by atoms with van der Waals surface area (Å²) in [6, 6.07) is 6.75. The van der Waals surface area contributed by atoms with Gasteiger partial charge in [0.15, 0.2) is 0 Å². The molecule has 3 rings (SSSR count). The summed E-state index contributed by atoms with van der Waals surface area (Å²) in [5.74, 6) is 1.09. The van der Waals surface area contributed by atoms with Gasteiger partial charge in [-0.2, -0.15) is 0 Å². The van der Waals surface area contributed by atoms with Gasteiger partial charge >= 0.3 is 0 Å². The number of pyridine rings is 1. The monoisotopic (exact) mass is 274 g/mol. The van der Waals surface area contributed by atoms with Gasteiger partial charge in [-0.15, -0.1) is 0 Å². The average molecular weight is 274 g/mol. The first-order chi connectivity index (χ1) is 9.86. The van der Waals surface area contributed by atoms with E-state index in [1.54, 1.807) is 0 Å². The Kier molecular flexibility index (Phi) is 4.16. The summed E-state index contributed by atoms with van der Waals surface area (Å²) in [5.41, 5.74) is 0.966. The smallest absolute Gasteiger partial charge is 0.128 e. The van der Waals surface area contributed by atoms with Crippen molar-refractivity contribution in [3.05, 3.63) is 24.4 Å². The van der Waals surface area contributed by atoms with Crippen molar-refractivity contribution < 1.29 is 5.21 Å². The van der Waals surface area contributed by atoms with Crippen LogP contribution in [0.25, 0.3) is 0 Å². The van der Waals surface area contributed by atoms with E-state index in [0.717, 1.165) is 63.4 Å². The van der Waals surface area contributed by atoms with Crippen LogP contribution in [0.5, 0.6) is 0 Å². The van der Waals surface area contributed by atoms with E-state index in [9.17, 15) is 0 Å². The van der Waals surface area contributed by atoms with Gasteiger partial charge in [-0.3, -0.25) is 4.90 Å². The van der Waals surface area contributed by atoms with Crippen LogP contribution in [-0.2, 0) is 0 Å². The molecule has 1 aliphatic heterocycles. The van der Waals surface area contributed by atoms with E-state index in [-0.39, 0.29) is 0 Å². The number of hydrogen-bond acceptors (Lipinski definition) is 5. The number of nitrogens with zero attached hydrogens (tertiary/aromatic N) is 4. The van der Waals surface area contributed by atoms with Gasteiger partial charge in [-0.1, -0.05) is 11.2 Å². The third-order valence-corrected chi connectivity index (χ3v) is 4.48. The Hall–Kier alpha value is -1.62. The van der Waals surface area contributed by atoms with Crippen LogP contribution >= 0.6 is 0 Å². The molecule has 2 fully saturated rings. The fourth-order valence-electron chi connectivity index (χ4n) is 3.26. The van der Waals surface area contributed by atoms with E-state index in [1.165, 1.54) is 0 Å². The number of oxime groups is 1. The summed E-state index contributed by atoms with van der Waals surface area (Å²) < 4.78 is 0. The van der Waals surface area contributed by atoms with Crippen LogP contribution < -0.4 is 4.90 Å². The molecule has 0 atom stereocenters. The largest absolute Gasteiger partial charge is 0.411 e. The van der Waals surface area contributed by atoms with Crippen LogP contribution in [0.3, 0.4) is 0 Å². The van der Waals surface area contributed by atoms with E-state index in [4.69, 9.17) is 5.21 Å². The van der Waals surface area contributed by atoms with Gasteiger partial charge in [0, 0.05) is 38.4 Å². The third-order valence-electron chi connectivity index (χ3n) is 4.48. The van der Waals surface area contributed by atoms with Crippen LogP contribution in [-0.4, -0.2) is 53.0 Å². The minimum atomic E-state index is 0.659. The van der Waals surface area contributed by atoms with E-state index in [1.807, 2.05) is 18.3 Å². The number of piperazine rings is 1. The van der Waals surface area contributed by atoms with Gasteiger partial charge in [0.05, 0.1) is 5.71 Å². The Bertz CT molecular complexity index is 444. The Morgan fingerprint density at radius 1 is 1.10 bits per heavy atom. The molecule has 1 saturated carbocycles. The van der Waals surface area contributed by atoms with Crippen LogP contribution in [0, 0.1) is 0 Å². The first kappa shape index (κ1) is 13.4. The molecule has 2 heterocycles. The van der Waals surface area contributed by atoms with E-state index < -0.39 is 0 Å². The minimum Gasteiger partial charge on any atom is -0.411 e. The van der Waals surface area contributed by atoms with Crippen molar-refractivity contribution in [2.75, 3.05) is 31.1 Å². The standard InChI is InChI=1S/C15H22N4O/c20-17-13-4-6-14(7-5-13)18-9-11-19(12-10-18)15-3-1-2-8-16-15/h1-3,8,14,20H,4-7,9-12H2. The van der Waals surface area contributed by atoms with Crippen molar-refractivity contribution in [2.24, 2.45) is 5.16 Å². The Morgan fingerprint density at radius 3 is 2.45 bits per heavy atom. The summed E-state index contributed by atoms with van der Waals surface area (Å²) in [7, 11) is 0. The summed E-state index contributed by atoms with van der Waals surface area (Å²) in [5, 5.41) is 12.2. The zero-order valence-corrected chi connectivity index (χ0v) is 11.8. The van der Waals surface area contributed by atoms with Gasteiger partial charge in [0.1, 0.15) is 5.82 Å². The molecule has 108 valence electrons. The lowest BCUT2D eigenvalue weighted by Crippen LogP contribution is -2.51. The molecular weight excluding hydrogens is 252 g/mol. The third kappa shape index (κ3) is 2.93. The lowest BCUT2D eigenvalue weighted by Gasteiger charge is -2.41. The maximum absolute atomic E-state index is 8.81. The highest BCUT2D eigenvalue weighted by Gasteiger charge is 2.27. The molecule has 0 aromatic carbocycles. The highest BCUT2D eigenvalue weighted by atomic mass is 16.4. The van der Waals surface area contributed by atoms with Gasteiger partial charge < -0.3 is 10.1 Å². The molecule has 0 unspecified atom stereocenters. The normalized spacial score (nSPS) is 24.7. The average Bonchev–Trinajstić information content (AvgIpc) is 2.56. The summed E-state index contributed by atoms with van der Waals surface area (Å²) >= 11 is 0. The molecule has 1 saturated heterocycles. The predicted molar refractivity (Wildman–Crippen MR) is 79.5 cm³/mol. The fraction of sp³-hybridized carbons (Fsp3) is 0.600. The minimum absolute atomic E-state index is 0.659. The highest BCUT2D eigenvalue weighted by Crippen LogP contribution is 2.23. The SMILES string of the molecule is ON=C1CCC(N2CCN(c3ccccn3)CC2)CC1. The van der Waals surface area contributed by atoms with E-state index in [0.29, 0.717) is 6.04 Å². The molecule has 1 aromatic rings. The molecule has 1 N–H and O–H groups in total. The van der Waals surface area contributed by atoms with Gasteiger partial charge in [-0.05, 0) is 37.8 Å². The van der Waals surface area contributed by atoms with Crippen molar-refractivity contribution in [3.63, 3.8) is 0 Å². The molecule has 1 aliphatic carbocycles. The second-order valence-electron chi connectivity index (χ2n) is 5.61. The molecule has 2 aliphatic rings. The van der Waals surface area contributed by atoms with Crippen molar-refractivity contribution in [2.45, 2.75) is 31.7 Å². The second kappa shape index (κ2) is 6.22. The number of anilines is 1.